The van der Waals surface area contributed by atoms with Crippen molar-refractivity contribution in [3.8, 4) is 11.5 Å². The average molecular weight is 531 g/mol. The Hall–Kier alpha value is -3.07. The fourth-order valence-electron chi connectivity index (χ4n) is 4.01. The van der Waals surface area contributed by atoms with Gasteiger partial charge in [0.25, 0.3) is 5.56 Å². The van der Waals surface area contributed by atoms with E-state index >= 15 is 0 Å². The van der Waals surface area contributed by atoms with E-state index in [0.717, 1.165) is 0 Å². The van der Waals surface area contributed by atoms with E-state index in [-0.39, 0.29) is 18.5 Å². The zero-order chi connectivity index (χ0) is 24.9. The maximum Gasteiger partial charge on any atom is 0.338 e. The highest BCUT2D eigenvalue weighted by molar-refractivity contribution is 7.07. The molecule has 0 amide bonds. The molecule has 0 saturated heterocycles. The van der Waals surface area contributed by atoms with Crippen LogP contribution in [0.25, 0.3) is 6.08 Å². The quantitative estimate of drug-likeness (QED) is 0.471. The van der Waals surface area contributed by atoms with Gasteiger partial charge in [-0.2, -0.15) is 0 Å². The zero-order valence-electron chi connectivity index (χ0n) is 19.0. The molecule has 0 fully saturated rings. The molecule has 3 heterocycles. The lowest BCUT2D eigenvalue weighted by atomic mass is 9.96. The SMILES string of the molecule is CC1=C(C(=O)OC(C)C)C(c2ccc(Cl)cc2)n2c(s/c(=C/c3cc4c(cc3Cl)OCO4)c2=O)=N1. The van der Waals surface area contributed by atoms with E-state index in [1.807, 2.05) is 0 Å². The maximum atomic E-state index is 13.7. The summed E-state index contributed by atoms with van der Waals surface area (Å²) in [6.07, 6.45) is 1.37. The molecule has 5 rings (SSSR count). The van der Waals surface area contributed by atoms with Crippen LogP contribution in [0.4, 0.5) is 0 Å². The summed E-state index contributed by atoms with van der Waals surface area (Å²) < 4.78 is 18.2. The molecule has 2 aromatic carbocycles. The molecule has 0 N–H and O–H groups in total. The number of ether oxygens (including phenoxy) is 3. The summed E-state index contributed by atoms with van der Waals surface area (Å²) in [6, 6.07) is 9.70. The van der Waals surface area contributed by atoms with Crippen LogP contribution in [0.3, 0.4) is 0 Å². The summed E-state index contributed by atoms with van der Waals surface area (Å²) in [5.74, 6) is 0.594. The van der Waals surface area contributed by atoms with Gasteiger partial charge in [0, 0.05) is 11.1 Å². The second-order valence-electron chi connectivity index (χ2n) is 8.31. The predicted octanol–water partition coefficient (Wildman–Crippen LogP) is 4.22. The van der Waals surface area contributed by atoms with E-state index in [1.165, 1.54) is 15.9 Å². The first-order chi connectivity index (χ1) is 16.7. The van der Waals surface area contributed by atoms with Crippen molar-refractivity contribution in [2.24, 2.45) is 4.99 Å². The molecule has 3 aromatic rings. The van der Waals surface area contributed by atoms with Gasteiger partial charge in [-0.1, -0.05) is 46.7 Å². The third-order valence-electron chi connectivity index (χ3n) is 5.55. The summed E-state index contributed by atoms with van der Waals surface area (Å²) in [6.45, 7) is 5.41. The predicted molar refractivity (Wildman–Crippen MR) is 134 cm³/mol. The van der Waals surface area contributed by atoms with Crippen LogP contribution in [-0.4, -0.2) is 23.4 Å². The number of fused-ring (bicyclic) bond motifs is 2. The van der Waals surface area contributed by atoms with E-state index in [0.29, 0.717) is 53.3 Å². The maximum absolute atomic E-state index is 13.7. The van der Waals surface area contributed by atoms with E-state index in [1.54, 1.807) is 63.2 Å². The van der Waals surface area contributed by atoms with Crippen LogP contribution in [0.5, 0.6) is 11.5 Å². The molecule has 1 unspecified atom stereocenters. The topological polar surface area (TPSA) is 79.1 Å². The molecular formula is C25H20Cl2N2O5S. The van der Waals surface area contributed by atoms with Crippen LogP contribution in [0.15, 0.2) is 57.5 Å². The minimum absolute atomic E-state index is 0.118. The minimum atomic E-state index is -0.718. The number of thiazole rings is 1. The number of nitrogens with zero attached hydrogens (tertiary/aromatic N) is 2. The summed E-state index contributed by atoms with van der Waals surface area (Å²) in [5, 5.41) is 0.970. The Balaban J connectivity index is 1.70. The number of carbonyl (C=O) groups excluding carboxylic acids is 1. The molecule has 0 saturated carbocycles. The molecule has 1 aromatic heterocycles. The highest BCUT2D eigenvalue weighted by atomic mass is 35.5. The molecule has 0 aliphatic carbocycles. The fraction of sp³-hybridized carbons (Fsp3) is 0.240. The van der Waals surface area contributed by atoms with E-state index in [4.69, 9.17) is 37.4 Å². The highest BCUT2D eigenvalue weighted by Crippen LogP contribution is 2.37. The number of aromatic nitrogens is 1. The first-order valence-electron chi connectivity index (χ1n) is 10.8. The third-order valence-corrected chi connectivity index (χ3v) is 7.11. The lowest BCUT2D eigenvalue weighted by Crippen LogP contribution is -2.40. The Morgan fingerprint density at radius 1 is 1.20 bits per heavy atom. The average Bonchev–Trinajstić information content (AvgIpc) is 3.36. The first-order valence-corrected chi connectivity index (χ1v) is 12.4. The van der Waals surface area contributed by atoms with Crippen LogP contribution in [-0.2, 0) is 9.53 Å². The summed E-state index contributed by atoms with van der Waals surface area (Å²) in [4.78, 5) is 31.9. The van der Waals surface area contributed by atoms with Gasteiger partial charge < -0.3 is 14.2 Å². The van der Waals surface area contributed by atoms with Gasteiger partial charge in [-0.3, -0.25) is 9.36 Å². The standard InChI is InChI=1S/C25H20Cl2N2O5S/c1-12(2)34-24(31)21-13(3)28-25-29(22(21)14-4-6-16(26)7-5-14)23(30)20(35-25)9-15-8-18-19(10-17(15)27)33-11-32-18/h4-10,12,22H,11H2,1-3H3/b20-9+. The molecule has 1 atom stereocenters. The van der Waals surface area contributed by atoms with Crippen LogP contribution >= 0.6 is 34.5 Å². The molecule has 180 valence electrons. The number of hydrogen-bond donors (Lipinski definition) is 0. The van der Waals surface area contributed by atoms with Crippen molar-refractivity contribution in [3.63, 3.8) is 0 Å². The number of hydrogen-bond acceptors (Lipinski definition) is 7. The molecule has 0 radical (unpaired) electrons. The fourth-order valence-corrected chi connectivity index (χ4v) is 5.38. The lowest BCUT2D eigenvalue weighted by Gasteiger charge is -2.25. The van der Waals surface area contributed by atoms with Gasteiger partial charge in [0.1, 0.15) is 0 Å². The number of carbonyl (C=O) groups is 1. The van der Waals surface area contributed by atoms with Crippen LogP contribution < -0.4 is 24.4 Å². The normalized spacial score (nSPS) is 17.0. The molecule has 2 aliphatic heterocycles. The van der Waals surface area contributed by atoms with Crippen molar-refractivity contribution in [1.82, 2.24) is 4.57 Å². The summed E-state index contributed by atoms with van der Waals surface area (Å²) in [7, 11) is 0. The van der Waals surface area contributed by atoms with E-state index in [2.05, 4.69) is 4.99 Å². The zero-order valence-corrected chi connectivity index (χ0v) is 21.3. The van der Waals surface area contributed by atoms with Gasteiger partial charge >= 0.3 is 5.97 Å². The van der Waals surface area contributed by atoms with Crippen molar-refractivity contribution in [2.45, 2.75) is 32.9 Å². The van der Waals surface area contributed by atoms with Crippen molar-refractivity contribution in [2.75, 3.05) is 6.79 Å². The largest absolute Gasteiger partial charge is 0.459 e. The number of esters is 1. The molecule has 7 nitrogen and oxygen atoms in total. The monoisotopic (exact) mass is 530 g/mol. The third kappa shape index (κ3) is 4.37. The van der Waals surface area contributed by atoms with Crippen LogP contribution in [0, 0.1) is 0 Å². The highest BCUT2D eigenvalue weighted by Gasteiger charge is 2.33. The molecule has 10 heteroatoms. The minimum Gasteiger partial charge on any atom is -0.459 e. The van der Waals surface area contributed by atoms with Gasteiger partial charge in [0.05, 0.1) is 33.0 Å². The molecule has 2 aliphatic rings. The van der Waals surface area contributed by atoms with Gasteiger partial charge in [-0.25, -0.2) is 9.79 Å². The number of allylic oxidation sites excluding steroid dienone is 1. The Kier molecular flexibility index (Phi) is 6.21. The Morgan fingerprint density at radius 2 is 1.89 bits per heavy atom. The molecule has 0 bridgehead atoms. The summed E-state index contributed by atoms with van der Waals surface area (Å²) >= 11 is 13.8. The van der Waals surface area contributed by atoms with E-state index in [9.17, 15) is 9.59 Å². The Morgan fingerprint density at radius 3 is 2.57 bits per heavy atom. The summed E-state index contributed by atoms with van der Waals surface area (Å²) in [5.41, 5.74) is 1.82. The first kappa shape index (κ1) is 23.7. The van der Waals surface area contributed by atoms with Gasteiger partial charge in [-0.15, -0.1) is 0 Å². The smallest absolute Gasteiger partial charge is 0.338 e. The van der Waals surface area contributed by atoms with Crippen molar-refractivity contribution >= 4 is 46.6 Å². The van der Waals surface area contributed by atoms with Crippen LogP contribution in [0.2, 0.25) is 10.0 Å². The van der Waals surface area contributed by atoms with Gasteiger partial charge in [-0.05, 0) is 56.2 Å². The van der Waals surface area contributed by atoms with Gasteiger partial charge in [0.15, 0.2) is 16.3 Å². The number of halogens is 2. The molecule has 0 spiro atoms. The Labute approximate surface area is 214 Å². The van der Waals surface area contributed by atoms with Crippen molar-refractivity contribution < 1.29 is 19.0 Å². The molecule has 35 heavy (non-hydrogen) atoms. The lowest BCUT2D eigenvalue weighted by molar-refractivity contribution is -0.143. The van der Waals surface area contributed by atoms with E-state index < -0.39 is 12.0 Å². The van der Waals surface area contributed by atoms with Gasteiger partial charge in [0.2, 0.25) is 6.79 Å². The van der Waals surface area contributed by atoms with Crippen molar-refractivity contribution in [3.05, 3.63) is 88.5 Å². The second kappa shape index (κ2) is 9.18. The number of benzene rings is 2. The second-order valence-corrected chi connectivity index (χ2v) is 10.2. The molecular weight excluding hydrogens is 511 g/mol. The number of rotatable bonds is 4. The Bertz CT molecular complexity index is 1550. The van der Waals surface area contributed by atoms with Crippen LogP contribution in [0.1, 0.15) is 37.9 Å². The van der Waals surface area contributed by atoms with Crippen molar-refractivity contribution in [1.29, 1.82) is 0 Å².